The number of aromatic nitrogens is 2. The molecule has 3 rings (SSSR count). The second-order valence-corrected chi connectivity index (χ2v) is 7.27. The van der Waals surface area contributed by atoms with Crippen molar-refractivity contribution in [2.75, 3.05) is 13.1 Å². The van der Waals surface area contributed by atoms with E-state index in [1.165, 1.54) is 28.8 Å². The van der Waals surface area contributed by atoms with Crippen LogP contribution in [-0.2, 0) is 10.0 Å². The summed E-state index contributed by atoms with van der Waals surface area (Å²) < 4.78 is 32.2. The first-order chi connectivity index (χ1) is 10.6. The third-order valence-corrected chi connectivity index (χ3v) is 5.46. The third kappa shape index (κ3) is 3.21. The Bertz CT molecular complexity index is 755. The lowest BCUT2D eigenvalue weighted by Crippen LogP contribution is -2.31. The normalized spacial score (nSPS) is 19.2. The first-order valence-electron chi connectivity index (χ1n) is 6.74. The number of benzene rings is 1. The zero-order valence-corrected chi connectivity index (χ0v) is 13.2. The zero-order valence-electron chi connectivity index (χ0n) is 11.6. The number of ether oxygens (including phenoxy) is 1. The minimum Gasteiger partial charge on any atom is -0.472 e. The molecule has 1 aromatic heterocycles. The van der Waals surface area contributed by atoms with Crippen LogP contribution in [0.4, 0.5) is 0 Å². The van der Waals surface area contributed by atoms with E-state index in [-0.39, 0.29) is 17.5 Å². The molecule has 6 nitrogen and oxygen atoms in total. The Morgan fingerprint density at radius 3 is 2.91 bits per heavy atom. The van der Waals surface area contributed by atoms with E-state index in [0.29, 0.717) is 23.9 Å². The minimum atomic E-state index is -3.55. The van der Waals surface area contributed by atoms with E-state index in [9.17, 15) is 8.42 Å². The van der Waals surface area contributed by atoms with Gasteiger partial charge in [0, 0.05) is 24.0 Å². The van der Waals surface area contributed by atoms with Crippen LogP contribution >= 0.6 is 11.6 Å². The van der Waals surface area contributed by atoms with E-state index in [0.717, 1.165) is 0 Å². The summed E-state index contributed by atoms with van der Waals surface area (Å²) in [5, 5.41) is 0.396. The quantitative estimate of drug-likeness (QED) is 0.851. The van der Waals surface area contributed by atoms with Crippen molar-refractivity contribution in [3.8, 4) is 5.88 Å². The summed E-state index contributed by atoms with van der Waals surface area (Å²) in [5.41, 5.74) is 0. The molecule has 1 atom stereocenters. The molecule has 0 radical (unpaired) electrons. The van der Waals surface area contributed by atoms with Crippen LogP contribution < -0.4 is 4.74 Å². The van der Waals surface area contributed by atoms with E-state index in [2.05, 4.69) is 9.97 Å². The molecule has 116 valence electrons. The summed E-state index contributed by atoms with van der Waals surface area (Å²) in [4.78, 5) is 8.14. The van der Waals surface area contributed by atoms with Gasteiger partial charge in [-0.15, -0.1) is 0 Å². The summed E-state index contributed by atoms with van der Waals surface area (Å²) in [6.07, 6.45) is 4.97. The van der Waals surface area contributed by atoms with Crippen molar-refractivity contribution < 1.29 is 13.2 Å². The minimum absolute atomic E-state index is 0.195. The molecule has 0 aliphatic carbocycles. The molecule has 1 aliphatic heterocycles. The smallest absolute Gasteiger partial charge is 0.243 e. The predicted octanol–water partition coefficient (Wildman–Crippen LogP) is 1.97. The van der Waals surface area contributed by atoms with Crippen LogP contribution in [0.1, 0.15) is 6.42 Å². The van der Waals surface area contributed by atoms with E-state index in [1.54, 1.807) is 18.3 Å². The fraction of sp³-hybridized carbons (Fsp3) is 0.286. The lowest BCUT2D eigenvalue weighted by molar-refractivity contribution is 0.206. The topological polar surface area (TPSA) is 72.4 Å². The van der Waals surface area contributed by atoms with Crippen molar-refractivity contribution in [1.29, 1.82) is 0 Å². The second-order valence-electron chi connectivity index (χ2n) is 4.89. The lowest BCUT2D eigenvalue weighted by atomic mass is 10.3. The average Bonchev–Trinajstić information content (AvgIpc) is 2.97. The highest BCUT2D eigenvalue weighted by molar-refractivity contribution is 7.89. The van der Waals surface area contributed by atoms with Gasteiger partial charge in [0.05, 0.1) is 17.6 Å². The molecular formula is C14H14ClN3O3S. The van der Waals surface area contributed by atoms with Crippen LogP contribution in [0.25, 0.3) is 0 Å². The first-order valence-corrected chi connectivity index (χ1v) is 8.56. The van der Waals surface area contributed by atoms with Gasteiger partial charge >= 0.3 is 0 Å². The number of hydrogen-bond donors (Lipinski definition) is 0. The number of halogens is 1. The van der Waals surface area contributed by atoms with E-state index < -0.39 is 10.0 Å². The number of hydrogen-bond acceptors (Lipinski definition) is 5. The van der Waals surface area contributed by atoms with Crippen LogP contribution in [0.3, 0.4) is 0 Å². The summed E-state index contributed by atoms with van der Waals surface area (Å²) >= 11 is 5.87. The molecule has 1 aromatic carbocycles. The first kappa shape index (κ1) is 15.2. The molecule has 0 saturated carbocycles. The van der Waals surface area contributed by atoms with Gasteiger partial charge in [0.2, 0.25) is 15.9 Å². The van der Waals surface area contributed by atoms with Gasteiger partial charge in [-0.25, -0.2) is 13.4 Å². The summed E-state index contributed by atoms with van der Waals surface area (Å²) in [5.74, 6) is 0.398. The highest BCUT2D eigenvalue weighted by atomic mass is 35.5. The molecule has 2 aromatic rings. The fourth-order valence-corrected chi connectivity index (χ4v) is 4.09. The standard InChI is InChI=1S/C14H14ClN3O3S/c15-11-2-1-3-13(8-11)22(19,20)18-7-4-12(10-18)21-14-9-16-5-6-17-14/h1-3,5-6,8-9,12H,4,7,10H2. The molecule has 0 bridgehead atoms. The Hall–Kier alpha value is -1.70. The van der Waals surface area contributed by atoms with E-state index in [1.807, 2.05) is 0 Å². The Labute approximate surface area is 133 Å². The molecule has 1 fully saturated rings. The van der Waals surface area contributed by atoms with Gasteiger partial charge in [0.1, 0.15) is 6.10 Å². The summed E-state index contributed by atoms with van der Waals surface area (Å²) in [6.45, 7) is 0.686. The van der Waals surface area contributed by atoms with Crippen LogP contribution in [0.2, 0.25) is 5.02 Å². The number of sulfonamides is 1. The molecule has 0 N–H and O–H groups in total. The Balaban J connectivity index is 1.72. The second kappa shape index (κ2) is 6.20. The molecule has 22 heavy (non-hydrogen) atoms. The van der Waals surface area contributed by atoms with Crippen molar-refractivity contribution in [3.63, 3.8) is 0 Å². The molecule has 0 amide bonds. The average molecular weight is 340 g/mol. The maximum absolute atomic E-state index is 12.6. The third-order valence-electron chi connectivity index (χ3n) is 3.37. The highest BCUT2D eigenvalue weighted by Gasteiger charge is 2.33. The van der Waals surface area contributed by atoms with Gasteiger partial charge in [-0.3, -0.25) is 4.98 Å². The summed E-state index contributed by atoms with van der Waals surface area (Å²) in [6, 6.07) is 6.26. The van der Waals surface area contributed by atoms with Gasteiger partial charge in [0.25, 0.3) is 0 Å². The maximum Gasteiger partial charge on any atom is 0.243 e. The van der Waals surface area contributed by atoms with Crippen LogP contribution in [0, 0.1) is 0 Å². The lowest BCUT2D eigenvalue weighted by Gasteiger charge is -2.17. The molecule has 0 spiro atoms. The molecule has 2 heterocycles. The van der Waals surface area contributed by atoms with Crippen molar-refractivity contribution in [1.82, 2.24) is 14.3 Å². The highest BCUT2D eigenvalue weighted by Crippen LogP contribution is 2.24. The van der Waals surface area contributed by atoms with Gasteiger partial charge < -0.3 is 4.74 Å². The molecule has 1 aliphatic rings. The Morgan fingerprint density at radius 2 is 2.18 bits per heavy atom. The van der Waals surface area contributed by atoms with Crippen LogP contribution in [0.15, 0.2) is 47.8 Å². The molecule has 1 saturated heterocycles. The van der Waals surface area contributed by atoms with E-state index in [4.69, 9.17) is 16.3 Å². The SMILES string of the molecule is O=S(=O)(c1cccc(Cl)c1)N1CCC(Oc2cnccn2)C1. The maximum atomic E-state index is 12.6. The van der Waals surface area contributed by atoms with Crippen molar-refractivity contribution in [2.24, 2.45) is 0 Å². The van der Waals surface area contributed by atoms with Crippen molar-refractivity contribution in [2.45, 2.75) is 17.4 Å². The zero-order chi connectivity index (χ0) is 15.6. The molecule has 8 heteroatoms. The van der Waals surface area contributed by atoms with Crippen LogP contribution in [-0.4, -0.2) is 41.9 Å². The van der Waals surface area contributed by atoms with Crippen molar-refractivity contribution >= 4 is 21.6 Å². The number of rotatable bonds is 4. The summed E-state index contributed by atoms with van der Waals surface area (Å²) in [7, 11) is -3.55. The monoisotopic (exact) mass is 339 g/mol. The Kier molecular flexibility index (Phi) is 4.28. The van der Waals surface area contributed by atoms with Crippen LogP contribution in [0.5, 0.6) is 5.88 Å². The van der Waals surface area contributed by atoms with Gasteiger partial charge in [-0.05, 0) is 24.6 Å². The van der Waals surface area contributed by atoms with Crippen molar-refractivity contribution in [3.05, 3.63) is 47.9 Å². The Morgan fingerprint density at radius 1 is 1.32 bits per heavy atom. The van der Waals surface area contributed by atoms with Gasteiger partial charge in [-0.2, -0.15) is 4.31 Å². The molecule has 1 unspecified atom stereocenters. The largest absolute Gasteiger partial charge is 0.472 e. The fourth-order valence-electron chi connectivity index (χ4n) is 2.31. The van der Waals surface area contributed by atoms with E-state index >= 15 is 0 Å². The number of nitrogens with zero attached hydrogens (tertiary/aromatic N) is 3. The van der Waals surface area contributed by atoms with Gasteiger partial charge in [0.15, 0.2) is 0 Å². The molecular weight excluding hydrogens is 326 g/mol. The van der Waals surface area contributed by atoms with Gasteiger partial charge in [-0.1, -0.05) is 17.7 Å². The predicted molar refractivity (Wildman–Crippen MR) is 81.3 cm³/mol.